The van der Waals surface area contributed by atoms with Gasteiger partial charge in [-0.15, -0.1) is 0 Å². The minimum atomic E-state index is 0.145. The number of hydrogen-bond acceptors (Lipinski definition) is 1. The number of quaternary nitrogens is 1. The Morgan fingerprint density at radius 2 is 2.04 bits per heavy atom. The predicted octanol–water partition coefficient (Wildman–Crippen LogP) is 3.47. The quantitative estimate of drug-likeness (QED) is 0.846. The summed E-state index contributed by atoms with van der Waals surface area (Å²) in [5.41, 5.74) is 3.63. The minimum Gasteiger partial charge on any atom is -0.357 e. The summed E-state index contributed by atoms with van der Waals surface area (Å²) in [6.45, 7) is 11.2. The Morgan fingerprint density at radius 3 is 2.80 bits per heavy atom. The van der Waals surface area contributed by atoms with E-state index in [1.165, 1.54) is 25.8 Å². The van der Waals surface area contributed by atoms with Gasteiger partial charge in [-0.25, -0.2) is 0 Å². The summed E-state index contributed by atoms with van der Waals surface area (Å²) >= 11 is 6.27. The second kappa shape index (κ2) is 5.59. The van der Waals surface area contributed by atoms with Crippen LogP contribution >= 0.6 is 11.6 Å². The van der Waals surface area contributed by atoms with Crippen LogP contribution in [0.25, 0.3) is 10.9 Å². The molecule has 1 aliphatic heterocycles. The Labute approximate surface area is 154 Å². The van der Waals surface area contributed by atoms with Crippen LogP contribution in [0.15, 0.2) is 23.0 Å². The lowest BCUT2D eigenvalue weighted by Gasteiger charge is -2.37. The molecule has 4 rings (SSSR count). The zero-order valence-corrected chi connectivity index (χ0v) is 16.4. The molecule has 134 valence electrons. The number of pyridine rings is 1. The molecule has 4 heteroatoms. The summed E-state index contributed by atoms with van der Waals surface area (Å²) in [5.74, 6) is 0. The topological polar surface area (TPSA) is 37.3 Å². The highest BCUT2D eigenvalue weighted by Gasteiger charge is 2.52. The number of H-pyrrole nitrogens is 1. The molecule has 2 heterocycles. The second-order valence-electron chi connectivity index (χ2n) is 9.49. The van der Waals surface area contributed by atoms with Crippen molar-refractivity contribution < 1.29 is 4.90 Å². The molecule has 25 heavy (non-hydrogen) atoms. The Morgan fingerprint density at radius 1 is 1.28 bits per heavy atom. The van der Waals surface area contributed by atoms with E-state index in [0.717, 1.165) is 23.3 Å². The monoisotopic (exact) mass is 359 g/mol. The van der Waals surface area contributed by atoms with Crippen molar-refractivity contribution in [1.82, 2.24) is 4.98 Å². The van der Waals surface area contributed by atoms with E-state index in [0.29, 0.717) is 27.3 Å². The Hall–Kier alpha value is -1.32. The lowest BCUT2D eigenvalue weighted by Crippen LogP contribution is -3.12. The zero-order valence-electron chi connectivity index (χ0n) is 15.6. The number of rotatable bonds is 2. The molecule has 2 aliphatic rings. The molecule has 1 aromatic heterocycles. The van der Waals surface area contributed by atoms with Crippen molar-refractivity contribution >= 4 is 22.5 Å². The SMILES string of the molecule is Cc1[nH]c2c(Cl)cccc2c(=O)c1C[NH+]1CC2(C)CC1CC(C)(C)C2. The number of fused-ring (bicyclic) bond motifs is 3. The standard InChI is InChI=1S/C21H27ClN2O/c1-13-16(19(25)15-6-5-7-17(22)18(15)23-13)10-24-12-21(4)9-14(24)8-20(2,3)11-21/h5-7,14H,8-12H2,1-4H3,(H,23,25)/p+1. The molecule has 0 amide bonds. The molecule has 3 nitrogen and oxygen atoms in total. The van der Waals surface area contributed by atoms with E-state index in [1.807, 2.05) is 25.1 Å². The summed E-state index contributed by atoms with van der Waals surface area (Å²) in [5, 5.41) is 1.32. The Kier molecular flexibility index (Phi) is 3.82. The van der Waals surface area contributed by atoms with Gasteiger partial charge in [0.2, 0.25) is 0 Å². The van der Waals surface area contributed by atoms with E-state index in [1.54, 1.807) is 4.90 Å². The number of benzene rings is 1. The third-order valence-corrected chi connectivity index (χ3v) is 6.69. The number of aromatic nitrogens is 1. The van der Waals surface area contributed by atoms with Crippen molar-refractivity contribution in [1.29, 1.82) is 0 Å². The lowest BCUT2D eigenvalue weighted by molar-refractivity contribution is -0.928. The smallest absolute Gasteiger partial charge is 0.198 e. The maximum absolute atomic E-state index is 13.1. The van der Waals surface area contributed by atoms with Crippen LogP contribution in [-0.2, 0) is 6.54 Å². The third-order valence-electron chi connectivity index (χ3n) is 6.38. The van der Waals surface area contributed by atoms with Crippen LogP contribution in [0.1, 0.15) is 51.3 Å². The van der Waals surface area contributed by atoms with Crippen LogP contribution in [0.5, 0.6) is 0 Å². The van der Waals surface area contributed by atoms with Gasteiger partial charge >= 0.3 is 0 Å². The van der Waals surface area contributed by atoms with Gasteiger partial charge in [0.25, 0.3) is 0 Å². The van der Waals surface area contributed by atoms with Gasteiger partial charge in [0.15, 0.2) is 5.43 Å². The van der Waals surface area contributed by atoms with Crippen LogP contribution in [-0.4, -0.2) is 17.6 Å². The molecule has 2 aromatic rings. The first-order valence-electron chi connectivity index (χ1n) is 9.32. The van der Waals surface area contributed by atoms with Crippen LogP contribution in [0, 0.1) is 17.8 Å². The van der Waals surface area contributed by atoms with Gasteiger partial charge in [0, 0.05) is 29.3 Å². The number of para-hydroxylation sites is 1. The summed E-state index contributed by atoms with van der Waals surface area (Å²) in [7, 11) is 0. The average Bonchev–Trinajstić information content (AvgIpc) is 2.73. The number of halogens is 1. The number of hydrogen-bond donors (Lipinski definition) is 2. The normalized spacial score (nSPS) is 30.8. The van der Waals surface area contributed by atoms with E-state index < -0.39 is 0 Å². The molecule has 2 fully saturated rings. The first kappa shape index (κ1) is 17.1. The summed E-state index contributed by atoms with van der Waals surface area (Å²) in [6.07, 6.45) is 3.85. The first-order valence-corrected chi connectivity index (χ1v) is 9.70. The average molecular weight is 360 g/mol. The van der Waals surface area contributed by atoms with Gasteiger partial charge in [0.05, 0.1) is 28.7 Å². The van der Waals surface area contributed by atoms with Crippen molar-refractivity contribution in [3.05, 3.63) is 44.7 Å². The van der Waals surface area contributed by atoms with E-state index in [9.17, 15) is 4.79 Å². The van der Waals surface area contributed by atoms with Gasteiger partial charge in [-0.05, 0) is 30.9 Å². The summed E-state index contributed by atoms with van der Waals surface area (Å²) in [4.78, 5) is 18.1. The number of aromatic amines is 1. The number of aryl methyl sites for hydroxylation is 1. The van der Waals surface area contributed by atoms with E-state index in [-0.39, 0.29) is 5.43 Å². The van der Waals surface area contributed by atoms with Gasteiger partial charge in [-0.2, -0.15) is 0 Å². The zero-order chi connectivity index (χ0) is 18.0. The number of likely N-dealkylation sites (tertiary alicyclic amines) is 1. The van der Waals surface area contributed by atoms with Gasteiger partial charge < -0.3 is 9.88 Å². The van der Waals surface area contributed by atoms with Crippen LogP contribution in [0.2, 0.25) is 5.02 Å². The van der Waals surface area contributed by atoms with E-state index in [2.05, 4.69) is 25.8 Å². The maximum Gasteiger partial charge on any atom is 0.198 e. The molecule has 1 saturated heterocycles. The maximum atomic E-state index is 13.1. The Balaban J connectivity index is 1.72. The molecule has 1 aromatic carbocycles. The Bertz CT molecular complexity index is 901. The van der Waals surface area contributed by atoms with Gasteiger partial charge in [-0.1, -0.05) is 38.4 Å². The fraction of sp³-hybridized carbons (Fsp3) is 0.571. The molecule has 3 unspecified atom stereocenters. The highest BCUT2D eigenvalue weighted by atomic mass is 35.5. The van der Waals surface area contributed by atoms with Crippen LogP contribution < -0.4 is 10.3 Å². The highest BCUT2D eigenvalue weighted by Crippen LogP contribution is 2.47. The fourth-order valence-electron chi connectivity index (χ4n) is 5.83. The molecule has 3 atom stereocenters. The second-order valence-corrected chi connectivity index (χ2v) is 9.90. The highest BCUT2D eigenvalue weighted by molar-refractivity contribution is 6.35. The lowest BCUT2D eigenvalue weighted by atomic mass is 9.65. The molecule has 1 saturated carbocycles. The van der Waals surface area contributed by atoms with Crippen molar-refractivity contribution in [3.63, 3.8) is 0 Å². The fourth-order valence-corrected chi connectivity index (χ4v) is 6.05. The third kappa shape index (κ3) is 2.92. The van der Waals surface area contributed by atoms with Gasteiger partial charge in [-0.3, -0.25) is 4.79 Å². The first-order chi connectivity index (χ1) is 11.7. The molecule has 2 bridgehead atoms. The van der Waals surface area contributed by atoms with Crippen molar-refractivity contribution in [2.24, 2.45) is 10.8 Å². The summed E-state index contributed by atoms with van der Waals surface area (Å²) < 4.78 is 0. The molecular formula is C21H28ClN2O+. The molecule has 2 N–H and O–H groups in total. The minimum absolute atomic E-state index is 0.145. The van der Waals surface area contributed by atoms with Crippen LogP contribution in [0.4, 0.5) is 0 Å². The van der Waals surface area contributed by atoms with Crippen molar-refractivity contribution in [2.75, 3.05) is 6.54 Å². The molecule has 0 spiro atoms. The van der Waals surface area contributed by atoms with E-state index >= 15 is 0 Å². The van der Waals surface area contributed by atoms with E-state index in [4.69, 9.17) is 11.6 Å². The van der Waals surface area contributed by atoms with Crippen LogP contribution in [0.3, 0.4) is 0 Å². The summed E-state index contributed by atoms with van der Waals surface area (Å²) in [6, 6.07) is 6.24. The molecule has 1 aliphatic carbocycles. The molecular weight excluding hydrogens is 332 g/mol. The molecule has 0 radical (unpaired) electrons. The van der Waals surface area contributed by atoms with Gasteiger partial charge in [0.1, 0.15) is 6.54 Å². The largest absolute Gasteiger partial charge is 0.357 e. The van der Waals surface area contributed by atoms with Crippen molar-refractivity contribution in [2.45, 2.75) is 59.5 Å². The number of nitrogens with one attached hydrogen (secondary N) is 2. The van der Waals surface area contributed by atoms with Crippen molar-refractivity contribution in [3.8, 4) is 0 Å². The predicted molar refractivity (Wildman–Crippen MR) is 103 cm³/mol.